The molecule has 2 aromatic rings. The van der Waals surface area contributed by atoms with E-state index < -0.39 is 47.9 Å². The van der Waals surface area contributed by atoms with Crippen molar-refractivity contribution in [2.45, 2.75) is 63.7 Å². The van der Waals surface area contributed by atoms with Gasteiger partial charge in [-0.15, -0.1) is 0 Å². The molecule has 1 fully saturated rings. The van der Waals surface area contributed by atoms with E-state index in [0.717, 1.165) is 0 Å². The highest BCUT2D eigenvalue weighted by Gasteiger charge is 2.40. The number of likely N-dealkylation sites (tertiary alicyclic amines) is 1. The molecule has 3 rings (SSSR count). The normalized spacial score (nSPS) is 18.2. The Bertz CT molecular complexity index is 1010. The SMILES string of the molecule is CC(C)C(NC(=O)C(N)Cc1cnc[nH]1)C(=O)N1CCCC1C(=O)NC(Cc1cnc[nH]1)C(=O)O. The molecule has 3 amide bonds. The highest BCUT2D eigenvalue weighted by atomic mass is 16.4. The lowest BCUT2D eigenvalue weighted by Crippen LogP contribution is -2.58. The lowest BCUT2D eigenvalue weighted by Gasteiger charge is -2.31. The van der Waals surface area contributed by atoms with Gasteiger partial charge in [0.05, 0.1) is 18.7 Å². The van der Waals surface area contributed by atoms with Crippen LogP contribution in [0, 0.1) is 5.92 Å². The van der Waals surface area contributed by atoms with E-state index in [9.17, 15) is 24.3 Å². The first kappa shape index (κ1) is 25.9. The monoisotopic (exact) mass is 488 g/mol. The number of imidazole rings is 2. The van der Waals surface area contributed by atoms with Crippen molar-refractivity contribution < 1.29 is 24.3 Å². The Morgan fingerprint density at radius 3 is 2.29 bits per heavy atom. The van der Waals surface area contributed by atoms with Crippen molar-refractivity contribution in [3.63, 3.8) is 0 Å². The summed E-state index contributed by atoms with van der Waals surface area (Å²) in [4.78, 5) is 65.6. The minimum atomic E-state index is -1.19. The number of rotatable bonds is 11. The number of aromatic nitrogens is 4. The summed E-state index contributed by atoms with van der Waals surface area (Å²) in [5.41, 5.74) is 7.27. The average Bonchev–Trinajstić information content (AvgIpc) is 3.58. The van der Waals surface area contributed by atoms with Gasteiger partial charge in [-0.2, -0.15) is 0 Å². The van der Waals surface area contributed by atoms with Crippen molar-refractivity contribution >= 4 is 23.7 Å². The number of nitrogens with two attached hydrogens (primary N) is 1. The van der Waals surface area contributed by atoms with Crippen LogP contribution in [0.5, 0.6) is 0 Å². The fourth-order valence-corrected chi connectivity index (χ4v) is 4.07. The Morgan fingerprint density at radius 1 is 1.11 bits per heavy atom. The standard InChI is InChI=1S/C22H32N8O5/c1-12(2)18(29-19(31)15(23)6-13-8-24-10-26-13)21(33)30-5-3-4-17(30)20(32)28-16(22(34)35)7-14-9-25-11-27-14/h8-12,15-18H,3-7,23H2,1-2H3,(H,24,26)(H,25,27)(H,28,32)(H,29,31)(H,34,35). The van der Waals surface area contributed by atoms with E-state index in [0.29, 0.717) is 30.8 Å². The lowest BCUT2D eigenvalue weighted by atomic mass is 10.0. The number of nitrogens with zero attached hydrogens (tertiary/aromatic N) is 3. The number of H-pyrrole nitrogens is 2. The second-order valence-electron chi connectivity index (χ2n) is 8.99. The van der Waals surface area contributed by atoms with Crippen LogP contribution in [0.2, 0.25) is 0 Å². The van der Waals surface area contributed by atoms with E-state index in [2.05, 4.69) is 30.6 Å². The maximum atomic E-state index is 13.4. The third kappa shape index (κ3) is 6.66. The lowest BCUT2D eigenvalue weighted by molar-refractivity contribution is -0.145. The Labute approximate surface area is 202 Å². The first-order valence-electron chi connectivity index (χ1n) is 11.5. The number of carboxylic acid groups (broad SMARTS) is 1. The minimum Gasteiger partial charge on any atom is -0.480 e. The average molecular weight is 489 g/mol. The molecule has 4 atom stereocenters. The van der Waals surface area contributed by atoms with Gasteiger partial charge in [-0.3, -0.25) is 14.4 Å². The number of carbonyl (C=O) groups is 4. The number of aliphatic carboxylic acids is 1. The number of carbonyl (C=O) groups excluding carboxylic acids is 3. The molecule has 0 saturated carbocycles. The molecule has 2 aromatic heterocycles. The Hall–Kier alpha value is -3.74. The van der Waals surface area contributed by atoms with Gasteiger partial charge in [-0.1, -0.05) is 13.8 Å². The fourth-order valence-electron chi connectivity index (χ4n) is 4.07. The van der Waals surface area contributed by atoms with Crippen LogP contribution in [0.25, 0.3) is 0 Å². The van der Waals surface area contributed by atoms with Crippen LogP contribution < -0.4 is 16.4 Å². The van der Waals surface area contributed by atoms with Crippen LogP contribution in [-0.2, 0) is 32.0 Å². The number of hydrogen-bond donors (Lipinski definition) is 6. The van der Waals surface area contributed by atoms with E-state index in [4.69, 9.17) is 5.73 Å². The Kier molecular flexibility index (Phi) is 8.58. The Morgan fingerprint density at radius 2 is 1.74 bits per heavy atom. The topological polar surface area (TPSA) is 199 Å². The zero-order chi connectivity index (χ0) is 25.5. The molecule has 190 valence electrons. The first-order valence-corrected chi connectivity index (χ1v) is 11.5. The third-order valence-corrected chi connectivity index (χ3v) is 5.99. The number of carboxylic acids is 1. The van der Waals surface area contributed by atoms with Gasteiger partial charge in [0, 0.05) is 43.2 Å². The van der Waals surface area contributed by atoms with E-state index >= 15 is 0 Å². The molecule has 0 aromatic carbocycles. The second-order valence-corrected chi connectivity index (χ2v) is 8.99. The van der Waals surface area contributed by atoms with E-state index in [1.54, 1.807) is 20.0 Å². The highest BCUT2D eigenvalue weighted by molar-refractivity contribution is 5.94. The molecule has 0 aliphatic carbocycles. The van der Waals surface area contributed by atoms with Crippen LogP contribution in [-0.4, -0.2) is 84.3 Å². The summed E-state index contributed by atoms with van der Waals surface area (Å²) >= 11 is 0. The molecule has 4 unspecified atom stereocenters. The molecule has 13 nitrogen and oxygen atoms in total. The van der Waals surface area contributed by atoms with Gasteiger partial charge in [0.1, 0.15) is 18.1 Å². The molecule has 1 aliphatic heterocycles. The van der Waals surface area contributed by atoms with Crippen LogP contribution in [0.15, 0.2) is 25.0 Å². The predicted molar refractivity (Wildman–Crippen MR) is 124 cm³/mol. The van der Waals surface area contributed by atoms with Crippen LogP contribution in [0.4, 0.5) is 0 Å². The van der Waals surface area contributed by atoms with Gasteiger partial charge < -0.3 is 36.3 Å². The smallest absolute Gasteiger partial charge is 0.326 e. The highest BCUT2D eigenvalue weighted by Crippen LogP contribution is 2.21. The van der Waals surface area contributed by atoms with Crippen LogP contribution in [0.3, 0.4) is 0 Å². The first-order chi connectivity index (χ1) is 16.7. The summed E-state index contributed by atoms with van der Waals surface area (Å²) in [6.07, 6.45) is 7.21. The molecular formula is C22H32N8O5. The zero-order valence-electron chi connectivity index (χ0n) is 19.7. The third-order valence-electron chi connectivity index (χ3n) is 5.99. The number of hydrogen-bond acceptors (Lipinski definition) is 7. The number of aromatic amines is 2. The summed E-state index contributed by atoms with van der Waals surface area (Å²) in [7, 11) is 0. The summed E-state index contributed by atoms with van der Waals surface area (Å²) < 4.78 is 0. The molecule has 3 heterocycles. The van der Waals surface area contributed by atoms with Crippen molar-refractivity contribution in [1.29, 1.82) is 0 Å². The van der Waals surface area contributed by atoms with Crippen molar-refractivity contribution in [1.82, 2.24) is 35.5 Å². The maximum absolute atomic E-state index is 13.4. The largest absolute Gasteiger partial charge is 0.480 e. The Balaban J connectivity index is 1.65. The van der Waals surface area contributed by atoms with E-state index in [1.807, 2.05) is 0 Å². The van der Waals surface area contributed by atoms with Gasteiger partial charge in [-0.25, -0.2) is 14.8 Å². The number of nitrogens with one attached hydrogen (secondary N) is 4. The minimum absolute atomic E-state index is 0.0284. The summed E-state index contributed by atoms with van der Waals surface area (Å²) in [5, 5.41) is 14.8. The molecule has 0 bridgehead atoms. The molecule has 1 saturated heterocycles. The van der Waals surface area contributed by atoms with Crippen LogP contribution in [0.1, 0.15) is 38.1 Å². The second kappa shape index (κ2) is 11.6. The van der Waals surface area contributed by atoms with Crippen LogP contribution >= 0.6 is 0 Å². The molecule has 7 N–H and O–H groups in total. The maximum Gasteiger partial charge on any atom is 0.326 e. The van der Waals surface area contributed by atoms with E-state index in [1.165, 1.54) is 23.8 Å². The summed E-state index contributed by atoms with van der Waals surface area (Å²) in [6.45, 7) is 3.91. The van der Waals surface area contributed by atoms with Gasteiger partial charge in [0.2, 0.25) is 17.7 Å². The number of amides is 3. The summed E-state index contributed by atoms with van der Waals surface area (Å²) in [6, 6.07) is -3.78. The fraction of sp³-hybridized carbons (Fsp3) is 0.545. The zero-order valence-corrected chi connectivity index (χ0v) is 19.7. The van der Waals surface area contributed by atoms with Gasteiger partial charge >= 0.3 is 5.97 Å². The molecule has 35 heavy (non-hydrogen) atoms. The van der Waals surface area contributed by atoms with Crippen molar-refractivity contribution in [3.8, 4) is 0 Å². The quantitative estimate of drug-likeness (QED) is 0.230. The molecule has 1 aliphatic rings. The van der Waals surface area contributed by atoms with Gasteiger partial charge in [-0.05, 0) is 18.8 Å². The predicted octanol–water partition coefficient (Wildman–Crippen LogP) is -1.05. The molecular weight excluding hydrogens is 456 g/mol. The van der Waals surface area contributed by atoms with Gasteiger partial charge in [0.25, 0.3) is 0 Å². The van der Waals surface area contributed by atoms with Crippen molar-refractivity contribution in [3.05, 3.63) is 36.4 Å². The van der Waals surface area contributed by atoms with Crippen molar-refractivity contribution in [2.24, 2.45) is 11.7 Å². The molecule has 0 radical (unpaired) electrons. The molecule has 13 heteroatoms. The van der Waals surface area contributed by atoms with Crippen molar-refractivity contribution in [2.75, 3.05) is 6.54 Å². The van der Waals surface area contributed by atoms with Gasteiger partial charge in [0.15, 0.2) is 0 Å². The summed E-state index contributed by atoms with van der Waals surface area (Å²) in [5.74, 6) is -2.89. The van der Waals surface area contributed by atoms with E-state index in [-0.39, 0.29) is 18.8 Å². The molecule has 0 spiro atoms.